The van der Waals surface area contributed by atoms with Crippen LogP contribution in [0.3, 0.4) is 0 Å². The monoisotopic (exact) mass is 185 g/mol. The molecule has 2 rings (SSSR count). The summed E-state index contributed by atoms with van der Waals surface area (Å²) in [5, 5.41) is 7.42. The van der Waals surface area contributed by atoms with Crippen molar-refractivity contribution < 1.29 is 4.79 Å². The number of aldehydes is 1. The number of aromatic nitrogens is 3. The van der Waals surface area contributed by atoms with Gasteiger partial charge >= 0.3 is 0 Å². The normalized spacial score (nSPS) is 9.71. The first kappa shape index (κ1) is 8.50. The second-order valence-corrected chi connectivity index (χ2v) is 2.76. The molecular weight excluding hydrogens is 178 g/mol. The lowest BCUT2D eigenvalue weighted by Crippen LogP contribution is -1.86. The van der Waals surface area contributed by atoms with Crippen molar-refractivity contribution >= 4 is 6.29 Å². The van der Waals surface area contributed by atoms with Gasteiger partial charge in [0, 0.05) is 29.1 Å². The quantitative estimate of drug-likeness (QED) is 0.662. The first-order valence-electron chi connectivity index (χ1n) is 4.07. The second kappa shape index (κ2) is 3.74. The van der Waals surface area contributed by atoms with Crippen molar-refractivity contribution in [2.24, 2.45) is 0 Å². The summed E-state index contributed by atoms with van der Waals surface area (Å²) in [6.07, 6.45) is 7.20. The minimum absolute atomic E-state index is 0.555. The molecule has 2 aromatic rings. The molecule has 0 amide bonds. The predicted octanol–water partition coefficient (Wildman–Crippen LogP) is 1.35. The van der Waals surface area contributed by atoms with Crippen LogP contribution >= 0.6 is 0 Å². The van der Waals surface area contributed by atoms with Crippen molar-refractivity contribution in [1.29, 1.82) is 0 Å². The Morgan fingerprint density at radius 2 is 2.00 bits per heavy atom. The van der Waals surface area contributed by atoms with Crippen molar-refractivity contribution in [3.8, 4) is 11.1 Å². The number of carbonyl (C=O) groups is 1. The number of carbonyl (C=O) groups excluding carboxylic acids is 1. The molecule has 0 fully saturated rings. The molecule has 0 unspecified atom stereocenters. The van der Waals surface area contributed by atoms with Gasteiger partial charge in [-0.25, -0.2) is 0 Å². The summed E-state index contributed by atoms with van der Waals surface area (Å²) >= 11 is 0. The maximum Gasteiger partial charge on any atom is 0.151 e. The van der Waals surface area contributed by atoms with Crippen LogP contribution < -0.4 is 0 Å². The summed E-state index contributed by atoms with van der Waals surface area (Å²) in [7, 11) is 0. The molecule has 0 saturated heterocycles. The Hall–Kier alpha value is -2.10. The molecule has 0 aliphatic heterocycles. The Labute approximate surface area is 80.6 Å². The minimum Gasteiger partial charge on any atom is -0.298 e. The summed E-state index contributed by atoms with van der Waals surface area (Å²) in [6, 6.07) is 3.58. The van der Waals surface area contributed by atoms with Gasteiger partial charge in [0.1, 0.15) is 0 Å². The average Bonchev–Trinajstić information content (AvgIpc) is 2.30. The fourth-order valence-corrected chi connectivity index (χ4v) is 1.14. The van der Waals surface area contributed by atoms with E-state index in [1.165, 1.54) is 6.20 Å². The summed E-state index contributed by atoms with van der Waals surface area (Å²) in [4.78, 5) is 14.5. The Morgan fingerprint density at radius 1 is 1.07 bits per heavy atom. The van der Waals surface area contributed by atoms with Crippen LogP contribution in [0.15, 0.2) is 36.9 Å². The van der Waals surface area contributed by atoms with Crippen LogP contribution in [0.25, 0.3) is 11.1 Å². The lowest BCUT2D eigenvalue weighted by molar-refractivity contribution is 0.112. The molecule has 68 valence electrons. The van der Waals surface area contributed by atoms with Crippen molar-refractivity contribution in [3.05, 3.63) is 42.5 Å². The molecule has 0 aliphatic rings. The number of pyridine rings is 1. The van der Waals surface area contributed by atoms with E-state index < -0.39 is 0 Å². The number of nitrogens with zero attached hydrogens (tertiary/aromatic N) is 3. The molecule has 14 heavy (non-hydrogen) atoms. The molecular formula is C10H7N3O. The first-order chi connectivity index (χ1) is 6.90. The van der Waals surface area contributed by atoms with Crippen molar-refractivity contribution in [3.63, 3.8) is 0 Å². The Kier molecular flexibility index (Phi) is 2.27. The van der Waals surface area contributed by atoms with E-state index in [0.717, 1.165) is 17.4 Å². The zero-order valence-corrected chi connectivity index (χ0v) is 7.29. The third kappa shape index (κ3) is 1.64. The Balaban J connectivity index is 2.47. The molecule has 0 atom stereocenters. The van der Waals surface area contributed by atoms with Gasteiger partial charge in [-0.1, -0.05) is 0 Å². The van der Waals surface area contributed by atoms with Crippen LogP contribution in [0.5, 0.6) is 0 Å². The number of rotatable bonds is 2. The lowest BCUT2D eigenvalue weighted by Gasteiger charge is -1.99. The first-order valence-corrected chi connectivity index (χ1v) is 4.07. The van der Waals surface area contributed by atoms with E-state index in [2.05, 4.69) is 15.2 Å². The van der Waals surface area contributed by atoms with Crippen molar-refractivity contribution in [2.45, 2.75) is 0 Å². The van der Waals surface area contributed by atoms with Gasteiger partial charge in [-0.3, -0.25) is 9.78 Å². The summed E-state index contributed by atoms with van der Waals surface area (Å²) in [5.41, 5.74) is 2.32. The van der Waals surface area contributed by atoms with Crippen molar-refractivity contribution in [2.75, 3.05) is 0 Å². The van der Waals surface area contributed by atoms with Crippen LogP contribution in [0.1, 0.15) is 10.4 Å². The van der Waals surface area contributed by atoms with Gasteiger partial charge in [0.2, 0.25) is 0 Å². The largest absolute Gasteiger partial charge is 0.298 e. The SMILES string of the molecule is O=Cc1cncc(-c2ccnnc2)c1. The topological polar surface area (TPSA) is 55.7 Å². The van der Waals surface area contributed by atoms with Gasteiger partial charge in [-0.15, -0.1) is 0 Å². The molecule has 0 N–H and O–H groups in total. The van der Waals surface area contributed by atoms with E-state index in [4.69, 9.17) is 0 Å². The van der Waals surface area contributed by atoms with Crippen LogP contribution in [0.2, 0.25) is 0 Å². The lowest BCUT2D eigenvalue weighted by atomic mass is 10.1. The molecule has 0 radical (unpaired) electrons. The molecule has 0 aliphatic carbocycles. The fourth-order valence-electron chi connectivity index (χ4n) is 1.14. The minimum atomic E-state index is 0.555. The summed E-state index contributed by atoms with van der Waals surface area (Å²) in [6.45, 7) is 0. The smallest absolute Gasteiger partial charge is 0.151 e. The summed E-state index contributed by atoms with van der Waals surface area (Å²) in [5.74, 6) is 0. The molecule has 4 nitrogen and oxygen atoms in total. The zero-order valence-electron chi connectivity index (χ0n) is 7.29. The highest BCUT2D eigenvalue weighted by Crippen LogP contribution is 2.16. The van der Waals surface area contributed by atoms with E-state index >= 15 is 0 Å². The van der Waals surface area contributed by atoms with E-state index in [9.17, 15) is 4.79 Å². The van der Waals surface area contributed by atoms with Crippen molar-refractivity contribution in [1.82, 2.24) is 15.2 Å². The van der Waals surface area contributed by atoms with Crippen LogP contribution in [0.4, 0.5) is 0 Å². The molecule has 0 bridgehead atoms. The molecule has 0 aromatic carbocycles. The van der Waals surface area contributed by atoms with Crippen LogP contribution in [-0.4, -0.2) is 21.5 Å². The van der Waals surface area contributed by atoms with Gasteiger partial charge in [-0.2, -0.15) is 10.2 Å². The maximum atomic E-state index is 10.5. The second-order valence-electron chi connectivity index (χ2n) is 2.76. The highest BCUT2D eigenvalue weighted by atomic mass is 16.1. The molecule has 0 saturated carbocycles. The average molecular weight is 185 g/mol. The number of hydrogen-bond donors (Lipinski definition) is 0. The molecule has 2 aromatic heterocycles. The van der Waals surface area contributed by atoms with Crippen LogP contribution in [-0.2, 0) is 0 Å². The van der Waals surface area contributed by atoms with Gasteiger partial charge < -0.3 is 0 Å². The standard InChI is InChI=1S/C10H7N3O/c14-7-8-3-10(5-11-4-8)9-1-2-12-13-6-9/h1-7H. The highest BCUT2D eigenvalue weighted by molar-refractivity contribution is 5.77. The predicted molar refractivity (Wildman–Crippen MR) is 50.7 cm³/mol. The number of hydrogen-bond acceptors (Lipinski definition) is 4. The van der Waals surface area contributed by atoms with Crippen LogP contribution in [0, 0.1) is 0 Å². The van der Waals surface area contributed by atoms with Gasteiger partial charge in [-0.05, 0) is 12.1 Å². The third-order valence-corrected chi connectivity index (χ3v) is 1.81. The highest BCUT2D eigenvalue weighted by Gasteiger charge is 1.98. The Morgan fingerprint density at radius 3 is 2.71 bits per heavy atom. The fraction of sp³-hybridized carbons (Fsp3) is 0. The van der Waals surface area contributed by atoms with E-state index in [0.29, 0.717) is 5.56 Å². The van der Waals surface area contributed by atoms with Gasteiger partial charge in [0.25, 0.3) is 0 Å². The maximum absolute atomic E-state index is 10.5. The van der Waals surface area contributed by atoms with E-state index in [-0.39, 0.29) is 0 Å². The van der Waals surface area contributed by atoms with Gasteiger partial charge in [0.05, 0.1) is 12.4 Å². The molecule has 4 heteroatoms. The zero-order chi connectivity index (χ0) is 9.80. The van der Waals surface area contributed by atoms with E-state index in [1.807, 2.05) is 6.07 Å². The van der Waals surface area contributed by atoms with E-state index in [1.54, 1.807) is 24.7 Å². The molecule has 0 spiro atoms. The third-order valence-electron chi connectivity index (χ3n) is 1.81. The summed E-state index contributed by atoms with van der Waals surface area (Å²) < 4.78 is 0. The molecule has 2 heterocycles. The van der Waals surface area contributed by atoms with Gasteiger partial charge in [0.15, 0.2) is 6.29 Å². The Bertz CT molecular complexity index is 442.